The molecular formula is C23H29ClN4O. The molecule has 1 unspecified atom stereocenters. The summed E-state index contributed by atoms with van der Waals surface area (Å²) in [7, 11) is 0. The maximum absolute atomic E-state index is 12.9. The number of carbonyl (C=O) groups is 1. The molecule has 5 nitrogen and oxygen atoms in total. The third-order valence-corrected chi connectivity index (χ3v) is 5.32. The Balaban J connectivity index is 0.00000240. The van der Waals surface area contributed by atoms with Crippen LogP contribution in [0.3, 0.4) is 0 Å². The molecule has 1 atom stereocenters. The van der Waals surface area contributed by atoms with Crippen LogP contribution in [0.1, 0.15) is 67.3 Å². The first-order valence-electron chi connectivity index (χ1n) is 9.97. The quantitative estimate of drug-likeness (QED) is 0.647. The van der Waals surface area contributed by atoms with Crippen molar-refractivity contribution >= 4 is 29.1 Å². The average molecular weight is 413 g/mol. The minimum absolute atomic E-state index is 0. The Morgan fingerprint density at radius 2 is 1.86 bits per heavy atom. The summed E-state index contributed by atoms with van der Waals surface area (Å²) in [6, 6.07) is 16.1. The predicted octanol–water partition coefficient (Wildman–Crippen LogP) is 4.52. The lowest BCUT2D eigenvalue weighted by molar-refractivity contribution is 0.0931. The SMILES string of the molecule is CC(C)(C)n1nc(C(=O)NC(CN)c2ccc3ccccc3c2)cc1C1CC1.Cl. The van der Waals surface area contributed by atoms with Gasteiger partial charge in [-0.25, -0.2) is 0 Å². The predicted molar refractivity (Wildman–Crippen MR) is 120 cm³/mol. The summed E-state index contributed by atoms with van der Waals surface area (Å²) in [5, 5.41) is 10.0. The molecule has 3 aromatic rings. The number of benzene rings is 2. The van der Waals surface area contributed by atoms with Crippen LogP contribution in [0.25, 0.3) is 10.8 Å². The zero-order chi connectivity index (χ0) is 19.9. The lowest BCUT2D eigenvalue weighted by atomic mass is 10.0. The molecule has 0 radical (unpaired) electrons. The van der Waals surface area contributed by atoms with E-state index in [1.54, 1.807) is 0 Å². The van der Waals surface area contributed by atoms with E-state index in [2.05, 4.69) is 55.5 Å². The van der Waals surface area contributed by atoms with Crippen molar-refractivity contribution in [1.82, 2.24) is 15.1 Å². The van der Waals surface area contributed by atoms with E-state index < -0.39 is 0 Å². The highest BCUT2D eigenvalue weighted by Gasteiger charge is 2.32. The van der Waals surface area contributed by atoms with Gasteiger partial charge in [-0.1, -0.05) is 36.4 Å². The fraction of sp³-hybridized carbons (Fsp3) is 0.391. The van der Waals surface area contributed by atoms with Gasteiger partial charge in [0.2, 0.25) is 0 Å². The summed E-state index contributed by atoms with van der Waals surface area (Å²) >= 11 is 0. The fourth-order valence-corrected chi connectivity index (χ4v) is 3.65. The number of aromatic nitrogens is 2. The summed E-state index contributed by atoms with van der Waals surface area (Å²) in [5.41, 5.74) is 8.48. The van der Waals surface area contributed by atoms with Crippen LogP contribution in [0.15, 0.2) is 48.5 Å². The third kappa shape index (κ3) is 4.46. The fourth-order valence-electron chi connectivity index (χ4n) is 3.65. The van der Waals surface area contributed by atoms with Crippen LogP contribution in [0.5, 0.6) is 0 Å². The van der Waals surface area contributed by atoms with Crippen molar-refractivity contribution < 1.29 is 4.79 Å². The van der Waals surface area contributed by atoms with Crippen molar-refractivity contribution in [3.63, 3.8) is 0 Å². The molecule has 1 aromatic heterocycles. The number of carbonyl (C=O) groups excluding carboxylic acids is 1. The molecule has 3 N–H and O–H groups in total. The molecular weight excluding hydrogens is 384 g/mol. The van der Waals surface area contributed by atoms with Crippen molar-refractivity contribution in [1.29, 1.82) is 0 Å². The first-order valence-corrected chi connectivity index (χ1v) is 9.97. The number of amides is 1. The van der Waals surface area contributed by atoms with Crippen molar-refractivity contribution in [2.75, 3.05) is 6.54 Å². The van der Waals surface area contributed by atoms with E-state index in [9.17, 15) is 4.79 Å². The number of nitrogens with zero attached hydrogens (tertiary/aromatic N) is 2. The molecule has 0 bridgehead atoms. The zero-order valence-corrected chi connectivity index (χ0v) is 18.0. The first-order chi connectivity index (χ1) is 13.4. The van der Waals surface area contributed by atoms with Gasteiger partial charge in [-0.2, -0.15) is 5.10 Å². The van der Waals surface area contributed by atoms with Crippen LogP contribution >= 0.6 is 12.4 Å². The third-order valence-electron chi connectivity index (χ3n) is 5.32. The van der Waals surface area contributed by atoms with E-state index >= 15 is 0 Å². The molecule has 154 valence electrons. The summed E-state index contributed by atoms with van der Waals surface area (Å²) in [6.07, 6.45) is 2.34. The smallest absolute Gasteiger partial charge is 0.272 e. The maximum Gasteiger partial charge on any atom is 0.272 e. The second kappa shape index (κ2) is 8.17. The molecule has 1 aliphatic carbocycles. The molecule has 0 spiro atoms. The lowest BCUT2D eigenvalue weighted by Crippen LogP contribution is -2.34. The summed E-state index contributed by atoms with van der Waals surface area (Å²) in [6.45, 7) is 6.68. The number of hydrogen-bond donors (Lipinski definition) is 2. The monoisotopic (exact) mass is 412 g/mol. The lowest BCUT2D eigenvalue weighted by Gasteiger charge is -2.22. The Morgan fingerprint density at radius 3 is 2.48 bits per heavy atom. The molecule has 0 saturated heterocycles. The van der Waals surface area contributed by atoms with Crippen LogP contribution < -0.4 is 11.1 Å². The number of nitrogens with two attached hydrogens (primary N) is 1. The second-order valence-electron chi connectivity index (χ2n) is 8.68. The van der Waals surface area contributed by atoms with E-state index in [1.165, 1.54) is 18.2 Å². The van der Waals surface area contributed by atoms with E-state index in [1.807, 2.05) is 28.9 Å². The zero-order valence-electron chi connectivity index (χ0n) is 17.2. The van der Waals surface area contributed by atoms with Gasteiger partial charge in [0, 0.05) is 18.2 Å². The molecule has 1 heterocycles. The van der Waals surface area contributed by atoms with Crippen LogP contribution in [0.4, 0.5) is 0 Å². The summed E-state index contributed by atoms with van der Waals surface area (Å²) in [5.74, 6) is 0.354. The highest BCUT2D eigenvalue weighted by Crippen LogP contribution is 2.41. The van der Waals surface area contributed by atoms with Gasteiger partial charge < -0.3 is 11.1 Å². The van der Waals surface area contributed by atoms with Crippen molar-refractivity contribution in [3.8, 4) is 0 Å². The molecule has 0 aliphatic heterocycles. The minimum Gasteiger partial charge on any atom is -0.343 e. The van der Waals surface area contributed by atoms with Gasteiger partial charge >= 0.3 is 0 Å². The van der Waals surface area contributed by atoms with Gasteiger partial charge in [0.1, 0.15) is 5.69 Å². The molecule has 1 fully saturated rings. The van der Waals surface area contributed by atoms with Crippen molar-refractivity contribution in [3.05, 3.63) is 65.5 Å². The number of fused-ring (bicyclic) bond motifs is 1. The highest BCUT2D eigenvalue weighted by atomic mass is 35.5. The van der Waals surface area contributed by atoms with Gasteiger partial charge in [-0.05, 0) is 62.1 Å². The molecule has 29 heavy (non-hydrogen) atoms. The van der Waals surface area contributed by atoms with Gasteiger partial charge in [-0.3, -0.25) is 9.48 Å². The Bertz CT molecular complexity index is 1020. The first kappa shape index (κ1) is 21.3. The molecule has 1 saturated carbocycles. The van der Waals surface area contributed by atoms with E-state index in [-0.39, 0.29) is 29.9 Å². The highest BCUT2D eigenvalue weighted by molar-refractivity contribution is 5.93. The Labute approximate surface area is 178 Å². The van der Waals surface area contributed by atoms with E-state index in [0.29, 0.717) is 18.2 Å². The van der Waals surface area contributed by atoms with E-state index in [0.717, 1.165) is 16.6 Å². The van der Waals surface area contributed by atoms with Crippen molar-refractivity contribution in [2.45, 2.75) is 51.1 Å². The van der Waals surface area contributed by atoms with Crippen LogP contribution in [-0.2, 0) is 5.54 Å². The van der Waals surface area contributed by atoms with Crippen molar-refractivity contribution in [2.24, 2.45) is 5.73 Å². The van der Waals surface area contributed by atoms with Crippen LogP contribution in [0, 0.1) is 0 Å². The minimum atomic E-state index is -0.249. The normalized spacial score (nSPS) is 15.0. The molecule has 1 aliphatic rings. The van der Waals surface area contributed by atoms with Gasteiger partial charge in [-0.15, -0.1) is 12.4 Å². The number of nitrogens with one attached hydrogen (secondary N) is 1. The molecule has 2 aromatic carbocycles. The van der Waals surface area contributed by atoms with Gasteiger partial charge in [0.15, 0.2) is 0 Å². The Morgan fingerprint density at radius 1 is 1.17 bits per heavy atom. The van der Waals surface area contributed by atoms with E-state index in [4.69, 9.17) is 5.73 Å². The standard InChI is InChI=1S/C23H28N4O.ClH/c1-23(2,3)27-21(16-9-10-16)13-19(26-27)22(28)25-20(14-24)18-11-8-15-6-4-5-7-17(15)12-18;/h4-8,11-13,16,20H,9-10,14,24H2,1-3H3,(H,25,28);1H. The summed E-state index contributed by atoms with van der Waals surface area (Å²) < 4.78 is 2.01. The largest absolute Gasteiger partial charge is 0.343 e. The van der Waals surface area contributed by atoms with Crippen LogP contribution in [-0.4, -0.2) is 22.2 Å². The number of hydrogen-bond acceptors (Lipinski definition) is 3. The number of halogens is 1. The van der Waals surface area contributed by atoms with Gasteiger partial charge in [0.05, 0.1) is 11.6 Å². The molecule has 1 amide bonds. The summed E-state index contributed by atoms with van der Waals surface area (Å²) in [4.78, 5) is 12.9. The van der Waals surface area contributed by atoms with Gasteiger partial charge in [0.25, 0.3) is 5.91 Å². The molecule has 4 rings (SSSR count). The Kier molecular flexibility index (Phi) is 6.01. The number of rotatable bonds is 5. The topological polar surface area (TPSA) is 72.9 Å². The second-order valence-corrected chi connectivity index (χ2v) is 8.68. The Hall–Kier alpha value is -2.37. The van der Waals surface area contributed by atoms with Crippen LogP contribution in [0.2, 0.25) is 0 Å². The average Bonchev–Trinajstić information content (AvgIpc) is 3.42. The maximum atomic E-state index is 12.9. The molecule has 6 heteroatoms.